The van der Waals surface area contributed by atoms with Gasteiger partial charge < -0.3 is 15.8 Å². The van der Waals surface area contributed by atoms with E-state index in [4.69, 9.17) is 10.5 Å². The van der Waals surface area contributed by atoms with Crippen molar-refractivity contribution in [2.75, 3.05) is 12.4 Å². The topological polar surface area (TPSA) is 77.2 Å². The summed E-state index contributed by atoms with van der Waals surface area (Å²) in [7, 11) is 1.63. The summed E-state index contributed by atoms with van der Waals surface area (Å²) in [6.07, 6.45) is 0. The quantitative estimate of drug-likeness (QED) is 0.907. The Kier molecular flexibility index (Phi) is 4.36. The van der Waals surface area contributed by atoms with Crippen molar-refractivity contribution in [2.24, 2.45) is 5.73 Å². The first kappa shape index (κ1) is 14.5. The van der Waals surface area contributed by atoms with Crippen LogP contribution in [0.25, 0.3) is 11.3 Å². The number of hydrogen-bond donors (Lipinski definition) is 2. The summed E-state index contributed by atoms with van der Waals surface area (Å²) in [6.45, 7) is 3.61. The highest BCUT2D eigenvalue weighted by atomic mass is 32.1. The summed E-state index contributed by atoms with van der Waals surface area (Å²) in [5.41, 5.74) is 7.37. The van der Waals surface area contributed by atoms with Gasteiger partial charge in [0.05, 0.1) is 18.8 Å². The molecular weight excluding hydrogens is 274 g/mol. The van der Waals surface area contributed by atoms with E-state index in [-0.39, 0.29) is 5.91 Å². The molecule has 0 aliphatic carbocycles. The molecule has 1 amide bonds. The molecule has 5 nitrogen and oxygen atoms in total. The number of nitrogens with one attached hydrogen (secondary N) is 1. The van der Waals surface area contributed by atoms with Gasteiger partial charge >= 0.3 is 0 Å². The molecule has 0 bridgehead atoms. The van der Waals surface area contributed by atoms with E-state index in [1.54, 1.807) is 14.0 Å². The number of nitrogens with two attached hydrogens (primary N) is 1. The molecule has 0 unspecified atom stereocenters. The molecule has 1 aromatic carbocycles. The zero-order chi connectivity index (χ0) is 14.7. The maximum Gasteiger partial charge on any atom is 0.242 e. The minimum absolute atomic E-state index is 0.236. The summed E-state index contributed by atoms with van der Waals surface area (Å²) >= 11 is 1.44. The van der Waals surface area contributed by atoms with Crippen LogP contribution in [0.3, 0.4) is 0 Å². The number of rotatable bonds is 4. The highest BCUT2D eigenvalue weighted by molar-refractivity contribution is 7.16. The molecule has 2 aromatic rings. The maximum absolute atomic E-state index is 11.6. The summed E-state index contributed by atoms with van der Waals surface area (Å²) in [4.78, 5) is 17.1. The third-order valence-electron chi connectivity index (χ3n) is 2.80. The van der Waals surface area contributed by atoms with Gasteiger partial charge in [0.1, 0.15) is 5.75 Å². The minimum Gasteiger partial charge on any atom is -0.497 e. The Hall–Kier alpha value is -1.92. The highest BCUT2D eigenvalue weighted by Crippen LogP contribution is 2.31. The predicted molar refractivity (Wildman–Crippen MR) is 81.1 cm³/mol. The van der Waals surface area contributed by atoms with Crippen molar-refractivity contribution in [3.05, 3.63) is 29.1 Å². The van der Waals surface area contributed by atoms with Crippen molar-refractivity contribution in [3.63, 3.8) is 0 Å². The van der Waals surface area contributed by atoms with Crippen molar-refractivity contribution >= 4 is 22.4 Å². The number of benzene rings is 1. The Bertz CT molecular complexity index is 605. The SMILES string of the molecule is COc1ccc(-c2nc(NC(=O)[C@@H](C)N)sc2C)cc1. The molecule has 3 N–H and O–H groups in total. The minimum atomic E-state index is -0.552. The number of hydrogen-bond acceptors (Lipinski definition) is 5. The van der Waals surface area contributed by atoms with Gasteiger partial charge in [0, 0.05) is 10.4 Å². The van der Waals surface area contributed by atoms with E-state index in [9.17, 15) is 4.79 Å². The lowest BCUT2D eigenvalue weighted by molar-refractivity contribution is -0.117. The average molecular weight is 291 g/mol. The van der Waals surface area contributed by atoms with Gasteiger partial charge in [-0.15, -0.1) is 11.3 Å². The number of carbonyl (C=O) groups is 1. The number of carbonyl (C=O) groups excluding carboxylic acids is 1. The van der Waals surface area contributed by atoms with E-state index in [1.807, 2.05) is 31.2 Å². The molecule has 0 saturated heterocycles. The Balaban J connectivity index is 2.24. The van der Waals surface area contributed by atoms with E-state index in [0.717, 1.165) is 21.9 Å². The lowest BCUT2D eigenvalue weighted by Gasteiger charge is -2.03. The van der Waals surface area contributed by atoms with Crippen LogP contribution in [0, 0.1) is 6.92 Å². The molecule has 0 saturated carbocycles. The molecule has 0 aliphatic heterocycles. The van der Waals surface area contributed by atoms with Crippen LogP contribution in [-0.4, -0.2) is 24.0 Å². The van der Waals surface area contributed by atoms with Crippen LogP contribution in [-0.2, 0) is 4.79 Å². The molecule has 1 atom stereocenters. The van der Waals surface area contributed by atoms with Gasteiger partial charge in [-0.25, -0.2) is 4.98 Å². The Morgan fingerprint density at radius 3 is 2.60 bits per heavy atom. The van der Waals surface area contributed by atoms with Crippen LogP contribution in [0.4, 0.5) is 5.13 Å². The second kappa shape index (κ2) is 6.02. The zero-order valence-corrected chi connectivity index (χ0v) is 12.5. The lowest BCUT2D eigenvalue weighted by Crippen LogP contribution is -2.32. The standard InChI is InChI=1S/C14H17N3O2S/c1-8(15)13(18)17-14-16-12(9(2)20-14)10-4-6-11(19-3)7-5-10/h4-8H,15H2,1-3H3,(H,16,17,18)/t8-/m1/s1. The Morgan fingerprint density at radius 1 is 1.40 bits per heavy atom. The number of thiazole rings is 1. The Labute approximate surface area is 121 Å². The van der Waals surface area contributed by atoms with Crippen LogP contribution >= 0.6 is 11.3 Å². The molecule has 1 aromatic heterocycles. The van der Waals surface area contributed by atoms with Gasteiger partial charge in [0.25, 0.3) is 0 Å². The van der Waals surface area contributed by atoms with Crippen LogP contribution < -0.4 is 15.8 Å². The van der Waals surface area contributed by atoms with Crippen molar-refractivity contribution in [3.8, 4) is 17.0 Å². The number of aromatic nitrogens is 1. The normalized spacial score (nSPS) is 12.0. The monoisotopic (exact) mass is 291 g/mol. The number of aryl methyl sites for hydroxylation is 1. The van der Waals surface area contributed by atoms with Crippen LogP contribution in [0.2, 0.25) is 0 Å². The number of ether oxygens (including phenoxy) is 1. The summed E-state index contributed by atoms with van der Waals surface area (Å²) in [5.74, 6) is 0.562. The molecule has 0 fully saturated rings. The molecule has 0 aliphatic rings. The van der Waals surface area contributed by atoms with E-state index in [1.165, 1.54) is 11.3 Å². The molecule has 1 heterocycles. The van der Waals surface area contributed by atoms with Crippen molar-refractivity contribution in [1.29, 1.82) is 0 Å². The number of anilines is 1. The van der Waals surface area contributed by atoms with Gasteiger partial charge in [-0.3, -0.25) is 4.79 Å². The predicted octanol–water partition coefficient (Wildman–Crippen LogP) is 2.41. The first-order valence-electron chi connectivity index (χ1n) is 6.19. The maximum atomic E-state index is 11.6. The van der Waals surface area contributed by atoms with Gasteiger partial charge in [0.2, 0.25) is 5.91 Å². The Morgan fingerprint density at radius 2 is 2.05 bits per heavy atom. The zero-order valence-electron chi connectivity index (χ0n) is 11.6. The van der Waals surface area contributed by atoms with Crippen LogP contribution in [0.15, 0.2) is 24.3 Å². The first-order valence-corrected chi connectivity index (χ1v) is 7.01. The smallest absolute Gasteiger partial charge is 0.242 e. The fourth-order valence-corrected chi connectivity index (χ4v) is 2.52. The number of amides is 1. The second-order valence-corrected chi connectivity index (χ2v) is 5.63. The van der Waals surface area contributed by atoms with E-state index >= 15 is 0 Å². The average Bonchev–Trinajstić information content (AvgIpc) is 2.79. The molecule has 0 radical (unpaired) electrons. The van der Waals surface area contributed by atoms with Crippen molar-refractivity contribution < 1.29 is 9.53 Å². The summed E-state index contributed by atoms with van der Waals surface area (Å²) in [6, 6.07) is 7.10. The summed E-state index contributed by atoms with van der Waals surface area (Å²) in [5, 5.41) is 3.28. The fraction of sp³-hybridized carbons (Fsp3) is 0.286. The van der Waals surface area contributed by atoms with Gasteiger partial charge in [-0.05, 0) is 38.1 Å². The van der Waals surface area contributed by atoms with Crippen LogP contribution in [0.5, 0.6) is 5.75 Å². The number of nitrogens with zero attached hydrogens (tertiary/aromatic N) is 1. The van der Waals surface area contributed by atoms with E-state index < -0.39 is 6.04 Å². The van der Waals surface area contributed by atoms with Crippen LogP contribution in [0.1, 0.15) is 11.8 Å². The van der Waals surface area contributed by atoms with Gasteiger partial charge in [-0.1, -0.05) is 0 Å². The third kappa shape index (κ3) is 3.15. The molecule has 0 spiro atoms. The highest BCUT2D eigenvalue weighted by Gasteiger charge is 2.14. The van der Waals surface area contributed by atoms with E-state index in [2.05, 4.69) is 10.3 Å². The lowest BCUT2D eigenvalue weighted by atomic mass is 10.1. The third-order valence-corrected chi connectivity index (χ3v) is 3.69. The van der Waals surface area contributed by atoms with Crippen molar-refractivity contribution in [1.82, 2.24) is 4.98 Å². The first-order chi connectivity index (χ1) is 9.51. The fourth-order valence-electron chi connectivity index (χ4n) is 1.69. The second-order valence-electron chi connectivity index (χ2n) is 4.43. The number of methoxy groups -OCH3 is 1. The van der Waals surface area contributed by atoms with Gasteiger partial charge in [0.15, 0.2) is 5.13 Å². The molecule has 2 rings (SSSR count). The molecular formula is C14H17N3O2S. The van der Waals surface area contributed by atoms with Gasteiger partial charge in [-0.2, -0.15) is 0 Å². The molecule has 20 heavy (non-hydrogen) atoms. The van der Waals surface area contributed by atoms with Crippen molar-refractivity contribution in [2.45, 2.75) is 19.9 Å². The van der Waals surface area contributed by atoms with E-state index in [0.29, 0.717) is 5.13 Å². The largest absolute Gasteiger partial charge is 0.497 e. The molecule has 106 valence electrons. The summed E-state index contributed by atoms with van der Waals surface area (Å²) < 4.78 is 5.13. The molecule has 6 heteroatoms.